The third-order valence-electron chi connectivity index (χ3n) is 6.09. The van der Waals surface area contributed by atoms with E-state index in [2.05, 4.69) is 5.32 Å². The van der Waals surface area contributed by atoms with Crippen molar-refractivity contribution in [2.45, 2.75) is 58.9 Å². The highest BCUT2D eigenvalue weighted by Crippen LogP contribution is 2.39. The maximum absolute atomic E-state index is 11.5. The fourth-order valence-electron chi connectivity index (χ4n) is 3.98. The number of aliphatic carboxylic acids is 1. The second kappa shape index (κ2) is 9.24. The van der Waals surface area contributed by atoms with Crippen molar-refractivity contribution in [3.05, 3.63) is 45.1 Å². The van der Waals surface area contributed by atoms with E-state index in [4.69, 9.17) is 26.3 Å². The summed E-state index contributed by atoms with van der Waals surface area (Å²) in [4.78, 5) is 23.6. The van der Waals surface area contributed by atoms with Crippen LogP contribution in [0.5, 0.6) is 5.75 Å². The van der Waals surface area contributed by atoms with Crippen molar-refractivity contribution in [3.8, 4) is 5.75 Å². The summed E-state index contributed by atoms with van der Waals surface area (Å²) in [5.41, 5.74) is 1.57. The third kappa shape index (κ3) is 4.69. The van der Waals surface area contributed by atoms with Gasteiger partial charge in [0.15, 0.2) is 0 Å². The zero-order chi connectivity index (χ0) is 22.9. The predicted octanol–water partition coefficient (Wildman–Crippen LogP) is 5.89. The smallest absolute Gasteiger partial charge is 0.309 e. The number of carboxylic acids is 1. The molecular formula is C24H28ClN3O3S. The molecule has 170 valence electrons. The molecule has 2 N–H and O–H groups in total. The van der Waals surface area contributed by atoms with Gasteiger partial charge in [-0.1, -0.05) is 17.7 Å². The molecule has 0 fully saturated rings. The fraction of sp³-hybridized carbons (Fsp3) is 0.458. The molecule has 0 bridgehead atoms. The van der Waals surface area contributed by atoms with E-state index in [1.54, 1.807) is 32.3 Å². The number of hydrogen-bond donors (Lipinski definition) is 2. The normalized spacial score (nSPS) is 13.8. The Hall–Kier alpha value is -2.38. The molecule has 0 saturated carbocycles. The van der Waals surface area contributed by atoms with Crippen LogP contribution in [0.15, 0.2) is 18.2 Å². The van der Waals surface area contributed by atoms with Gasteiger partial charge >= 0.3 is 5.97 Å². The van der Waals surface area contributed by atoms with Gasteiger partial charge in [-0.2, -0.15) is 0 Å². The Labute approximate surface area is 197 Å². The number of nitrogens with zero attached hydrogens (tertiary/aromatic N) is 2. The minimum atomic E-state index is -0.819. The fourth-order valence-corrected chi connectivity index (χ4v) is 5.54. The first-order chi connectivity index (χ1) is 15.3. The van der Waals surface area contributed by atoms with E-state index in [-0.39, 0.29) is 0 Å². The standard InChI is InChI=1S/C24H28ClN3O3S/c1-24(2,23(29)30)11-10-19-27-21(26-13-14-8-9-17(31-3)16(25)12-14)20-15-6-4-5-7-18(15)32-22(20)28-19/h8-9,12H,4-7,10-11,13H2,1-3H3,(H,29,30)(H,26,27,28). The lowest BCUT2D eigenvalue weighted by Crippen LogP contribution is -2.24. The molecule has 1 aliphatic carbocycles. The van der Waals surface area contributed by atoms with E-state index in [1.165, 1.54) is 23.3 Å². The average molecular weight is 474 g/mol. The number of carboxylic acid groups (broad SMARTS) is 1. The van der Waals surface area contributed by atoms with Crippen molar-refractivity contribution in [1.82, 2.24) is 9.97 Å². The molecule has 2 aromatic heterocycles. The van der Waals surface area contributed by atoms with E-state index in [9.17, 15) is 9.90 Å². The molecule has 0 aliphatic heterocycles. The monoisotopic (exact) mass is 473 g/mol. The summed E-state index contributed by atoms with van der Waals surface area (Å²) < 4.78 is 5.25. The van der Waals surface area contributed by atoms with Crippen molar-refractivity contribution in [3.63, 3.8) is 0 Å². The van der Waals surface area contributed by atoms with Crippen molar-refractivity contribution < 1.29 is 14.6 Å². The van der Waals surface area contributed by atoms with Gasteiger partial charge in [0.1, 0.15) is 22.2 Å². The van der Waals surface area contributed by atoms with Crippen LogP contribution in [-0.4, -0.2) is 28.2 Å². The molecule has 0 atom stereocenters. The molecular weight excluding hydrogens is 446 g/mol. The number of ether oxygens (including phenoxy) is 1. The van der Waals surface area contributed by atoms with Gasteiger partial charge < -0.3 is 15.2 Å². The molecule has 0 unspecified atom stereocenters. The van der Waals surface area contributed by atoms with Gasteiger partial charge in [0.25, 0.3) is 0 Å². The highest BCUT2D eigenvalue weighted by molar-refractivity contribution is 7.19. The number of hydrogen-bond acceptors (Lipinski definition) is 6. The number of nitrogens with one attached hydrogen (secondary N) is 1. The van der Waals surface area contributed by atoms with Crippen LogP contribution in [0.1, 0.15) is 54.9 Å². The first kappa shape index (κ1) is 22.8. The molecule has 0 radical (unpaired) electrons. The van der Waals surface area contributed by atoms with E-state index in [1.807, 2.05) is 18.2 Å². The topological polar surface area (TPSA) is 84.3 Å². The lowest BCUT2D eigenvalue weighted by molar-refractivity contribution is -0.147. The Morgan fingerprint density at radius 1 is 1.28 bits per heavy atom. The summed E-state index contributed by atoms with van der Waals surface area (Å²) >= 11 is 8.05. The minimum Gasteiger partial charge on any atom is -0.495 e. The maximum atomic E-state index is 11.5. The molecule has 4 rings (SSSR count). The van der Waals surface area contributed by atoms with Crippen LogP contribution in [0.3, 0.4) is 0 Å². The highest BCUT2D eigenvalue weighted by atomic mass is 35.5. The molecule has 1 aliphatic rings. The predicted molar refractivity (Wildman–Crippen MR) is 129 cm³/mol. The SMILES string of the molecule is COc1ccc(CNc2nc(CCC(C)(C)C(=O)O)nc3sc4c(c23)CCCC4)cc1Cl. The van der Waals surface area contributed by atoms with Gasteiger partial charge in [-0.25, -0.2) is 9.97 Å². The zero-order valence-electron chi connectivity index (χ0n) is 18.6. The summed E-state index contributed by atoms with van der Waals surface area (Å²) in [5.74, 6) is 1.35. The van der Waals surface area contributed by atoms with Gasteiger partial charge in [-0.05, 0) is 69.2 Å². The van der Waals surface area contributed by atoms with E-state index in [0.717, 1.165) is 34.4 Å². The summed E-state index contributed by atoms with van der Waals surface area (Å²) in [5, 5.41) is 14.6. The minimum absolute atomic E-state index is 0.479. The third-order valence-corrected chi connectivity index (χ3v) is 7.57. The number of anilines is 1. The first-order valence-electron chi connectivity index (χ1n) is 10.9. The maximum Gasteiger partial charge on any atom is 0.309 e. The average Bonchev–Trinajstić information content (AvgIpc) is 3.14. The van der Waals surface area contributed by atoms with Gasteiger partial charge in [-0.15, -0.1) is 11.3 Å². The number of aromatic nitrogens is 2. The number of aryl methyl sites for hydroxylation is 3. The van der Waals surface area contributed by atoms with Gasteiger partial charge in [0, 0.05) is 17.8 Å². The van der Waals surface area contributed by atoms with E-state index >= 15 is 0 Å². The second-order valence-corrected chi connectivity index (χ2v) is 10.4. The lowest BCUT2D eigenvalue weighted by atomic mass is 9.88. The molecule has 0 spiro atoms. The van der Waals surface area contributed by atoms with E-state index in [0.29, 0.717) is 36.0 Å². The number of carbonyl (C=O) groups is 1. The largest absolute Gasteiger partial charge is 0.495 e. The summed E-state index contributed by atoms with van der Waals surface area (Å²) in [6.07, 6.45) is 5.52. The summed E-state index contributed by atoms with van der Waals surface area (Å²) in [6.45, 7) is 4.05. The molecule has 2 heterocycles. The highest BCUT2D eigenvalue weighted by Gasteiger charge is 2.28. The van der Waals surface area contributed by atoms with Crippen LogP contribution >= 0.6 is 22.9 Å². The Kier molecular flexibility index (Phi) is 6.58. The lowest BCUT2D eigenvalue weighted by Gasteiger charge is -2.18. The number of benzene rings is 1. The molecule has 0 saturated heterocycles. The van der Waals surface area contributed by atoms with Gasteiger partial charge in [0.05, 0.1) is 22.9 Å². The molecule has 3 aromatic rings. The first-order valence-corrected chi connectivity index (χ1v) is 12.1. The molecule has 1 aromatic carbocycles. The number of methoxy groups -OCH3 is 1. The van der Waals surface area contributed by atoms with E-state index < -0.39 is 11.4 Å². The van der Waals surface area contributed by atoms with Crippen LogP contribution in [0, 0.1) is 5.41 Å². The zero-order valence-corrected chi connectivity index (χ0v) is 20.2. The van der Waals surface area contributed by atoms with Crippen LogP contribution in [0.2, 0.25) is 5.02 Å². The quantitative estimate of drug-likeness (QED) is 0.424. The van der Waals surface area contributed by atoms with Crippen LogP contribution in [0.4, 0.5) is 5.82 Å². The summed E-state index contributed by atoms with van der Waals surface area (Å²) in [6, 6.07) is 5.74. The Balaban J connectivity index is 1.66. The van der Waals surface area contributed by atoms with Crippen molar-refractivity contribution in [2.75, 3.05) is 12.4 Å². The number of thiophene rings is 1. The van der Waals surface area contributed by atoms with Crippen molar-refractivity contribution in [2.24, 2.45) is 5.41 Å². The van der Waals surface area contributed by atoms with Crippen LogP contribution in [-0.2, 0) is 30.6 Å². The number of halogens is 1. The number of fused-ring (bicyclic) bond motifs is 3. The second-order valence-electron chi connectivity index (χ2n) is 8.89. The molecule has 8 heteroatoms. The Morgan fingerprint density at radius 3 is 2.78 bits per heavy atom. The Bertz CT molecular complexity index is 1160. The Morgan fingerprint density at radius 2 is 2.06 bits per heavy atom. The molecule has 32 heavy (non-hydrogen) atoms. The number of rotatable bonds is 8. The van der Waals surface area contributed by atoms with Crippen molar-refractivity contribution >= 4 is 44.9 Å². The van der Waals surface area contributed by atoms with Crippen molar-refractivity contribution in [1.29, 1.82) is 0 Å². The molecule has 6 nitrogen and oxygen atoms in total. The van der Waals surface area contributed by atoms with Gasteiger partial charge in [-0.3, -0.25) is 4.79 Å². The van der Waals surface area contributed by atoms with Crippen LogP contribution in [0.25, 0.3) is 10.2 Å². The summed E-state index contributed by atoms with van der Waals surface area (Å²) in [7, 11) is 1.60. The van der Waals surface area contributed by atoms with Crippen LogP contribution < -0.4 is 10.1 Å². The van der Waals surface area contributed by atoms with Gasteiger partial charge in [0.2, 0.25) is 0 Å². The molecule has 0 amide bonds.